The third-order valence-corrected chi connectivity index (χ3v) is 8.32. The highest BCUT2D eigenvalue weighted by atomic mass is 19.4. The molecule has 2 saturated carbocycles. The molecule has 0 heterocycles. The lowest BCUT2D eigenvalue weighted by atomic mass is 9.68. The average molecular weight is 525 g/mol. The summed E-state index contributed by atoms with van der Waals surface area (Å²) in [7, 11) is 0. The molecule has 204 valence electrons. The van der Waals surface area contributed by atoms with Gasteiger partial charge in [0, 0.05) is 0 Å². The Morgan fingerprint density at radius 1 is 0.676 bits per heavy atom. The van der Waals surface area contributed by atoms with E-state index < -0.39 is 18.2 Å². The number of ether oxygens (including phenoxy) is 2. The minimum absolute atomic E-state index is 0.249. The fraction of sp³-hybridized carbons (Fsp3) is 0.600. The second kappa shape index (κ2) is 12.0. The highest BCUT2D eigenvalue weighted by Crippen LogP contribution is 2.45. The van der Waals surface area contributed by atoms with E-state index in [-0.39, 0.29) is 11.3 Å². The first-order chi connectivity index (χ1) is 17.6. The van der Waals surface area contributed by atoms with Crippen LogP contribution in [0.3, 0.4) is 0 Å². The fourth-order valence-electron chi connectivity index (χ4n) is 6.23. The van der Waals surface area contributed by atoms with E-state index in [0.29, 0.717) is 5.92 Å². The molecule has 2 aromatic rings. The largest absolute Gasteiger partial charge is 0.573 e. The van der Waals surface area contributed by atoms with Crippen molar-refractivity contribution < 1.29 is 31.4 Å². The van der Waals surface area contributed by atoms with Crippen LogP contribution in [0.25, 0.3) is 0 Å². The topological polar surface area (TPSA) is 18.5 Å². The Morgan fingerprint density at radius 2 is 1.19 bits per heavy atom. The summed E-state index contributed by atoms with van der Waals surface area (Å²) in [6.07, 6.45) is 5.68. The van der Waals surface area contributed by atoms with Crippen molar-refractivity contribution >= 4 is 0 Å². The van der Waals surface area contributed by atoms with Crippen LogP contribution in [-0.4, -0.2) is 6.36 Å². The van der Waals surface area contributed by atoms with E-state index in [0.717, 1.165) is 60.4 Å². The first-order valence-corrected chi connectivity index (χ1v) is 13.7. The molecule has 0 spiro atoms. The molecule has 2 aromatic carbocycles. The van der Waals surface area contributed by atoms with Crippen molar-refractivity contribution in [2.75, 3.05) is 0 Å². The van der Waals surface area contributed by atoms with Crippen LogP contribution < -0.4 is 9.47 Å². The quantitative estimate of drug-likeness (QED) is 0.304. The van der Waals surface area contributed by atoms with E-state index in [4.69, 9.17) is 4.74 Å². The normalized spacial score (nSPS) is 25.0. The summed E-state index contributed by atoms with van der Waals surface area (Å²) >= 11 is 0. The molecule has 0 atom stereocenters. The van der Waals surface area contributed by atoms with Crippen LogP contribution in [-0.2, 0) is 6.11 Å². The van der Waals surface area contributed by atoms with Crippen LogP contribution in [0.5, 0.6) is 11.5 Å². The minimum atomic E-state index is -4.85. The molecule has 0 N–H and O–H groups in total. The molecule has 37 heavy (non-hydrogen) atoms. The van der Waals surface area contributed by atoms with Crippen molar-refractivity contribution in [3.8, 4) is 11.5 Å². The molecule has 4 rings (SSSR count). The van der Waals surface area contributed by atoms with Gasteiger partial charge in [0.25, 0.3) is 0 Å². The van der Waals surface area contributed by atoms with Gasteiger partial charge in [-0.15, -0.1) is 13.2 Å². The van der Waals surface area contributed by atoms with Crippen molar-refractivity contribution in [2.24, 2.45) is 17.8 Å². The Bertz CT molecular complexity index is 955. The number of rotatable bonds is 9. The highest BCUT2D eigenvalue weighted by Gasteiger charge is 2.36. The maximum Gasteiger partial charge on any atom is 0.573 e. The van der Waals surface area contributed by atoms with Crippen LogP contribution in [0.4, 0.5) is 22.0 Å². The SMILES string of the molecule is CCCCC1CCC(C2CCC(c3ccc(C(F)(F)Oc4ccc(OC(F)(F)F)cc4)cc3)CC2)CC1. The van der Waals surface area contributed by atoms with Gasteiger partial charge in [0.15, 0.2) is 0 Å². The predicted octanol–water partition coefficient (Wildman–Crippen LogP) is 9.98. The summed E-state index contributed by atoms with van der Waals surface area (Å²) in [6.45, 7) is 2.26. The smallest absolute Gasteiger partial charge is 0.429 e. The molecule has 7 heteroatoms. The molecule has 0 radical (unpaired) electrons. The molecule has 2 nitrogen and oxygen atoms in total. The van der Waals surface area contributed by atoms with Gasteiger partial charge >= 0.3 is 12.5 Å². The number of hydrogen-bond donors (Lipinski definition) is 0. The predicted molar refractivity (Wildman–Crippen MR) is 134 cm³/mol. The standard InChI is InChI=1S/C30H37F5O2/c1-2-3-4-21-5-7-22(8-6-21)23-9-11-24(12-10-23)25-13-15-26(16-14-25)29(31,32)36-27-17-19-28(20-18-27)37-30(33,34)35/h13-24H,2-12H2,1H3. The molecule has 2 fully saturated rings. The Labute approximate surface area is 216 Å². The van der Waals surface area contributed by atoms with Crippen LogP contribution in [0.1, 0.15) is 94.6 Å². The van der Waals surface area contributed by atoms with Gasteiger partial charge in [-0.05, 0) is 104 Å². The Hall–Kier alpha value is -2.31. The summed E-state index contributed by atoms with van der Waals surface area (Å²) in [4.78, 5) is 0. The summed E-state index contributed by atoms with van der Waals surface area (Å²) in [6, 6.07) is 10.2. The second-order valence-corrected chi connectivity index (χ2v) is 10.8. The number of alkyl halides is 5. The lowest BCUT2D eigenvalue weighted by molar-refractivity contribution is -0.274. The summed E-state index contributed by atoms with van der Waals surface area (Å²) in [5, 5.41) is 0. The zero-order valence-corrected chi connectivity index (χ0v) is 21.4. The fourth-order valence-corrected chi connectivity index (χ4v) is 6.23. The lowest BCUT2D eigenvalue weighted by Gasteiger charge is -2.38. The Balaban J connectivity index is 1.27. The number of hydrogen-bond acceptors (Lipinski definition) is 2. The summed E-state index contributed by atoms with van der Waals surface area (Å²) < 4.78 is 74.8. The number of unbranched alkanes of at least 4 members (excludes halogenated alkanes) is 1. The Kier molecular flexibility index (Phi) is 9.02. The summed E-state index contributed by atoms with van der Waals surface area (Å²) in [5.74, 6) is 2.22. The second-order valence-electron chi connectivity index (χ2n) is 10.8. The molecular weight excluding hydrogens is 487 g/mol. The average Bonchev–Trinajstić information content (AvgIpc) is 2.88. The van der Waals surface area contributed by atoms with E-state index in [2.05, 4.69) is 11.7 Å². The molecule has 0 unspecified atom stereocenters. The lowest BCUT2D eigenvalue weighted by Crippen LogP contribution is -2.25. The number of halogens is 5. The molecule has 0 bridgehead atoms. The van der Waals surface area contributed by atoms with Gasteiger partial charge in [0.2, 0.25) is 0 Å². The third kappa shape index (κ3) is 7.84. The van der Waals surface area contributed by atoms with Crippen LogP contribution in [0, 0.1) is 17.8 Å². The maximum absolute atomic E-state index is 14.7. The third-order valence-electron chi connectivity index (χ3n) is 8.32. The molecule has 2 aliphatic rings. The first kappa shape index (κ1) is 27.7. The van der Waals surface area contributed by atoms with Gasteiger partial charge in [-0.1, -0.05) is 51.2 Å². The highest BCUT2D eigenvalue weighted by molar-refractivity contribution is 5.33. The monoisotopic (exact) mass is 524 g/mol. The zero-order valence-electron chi connectivity index (χ0n) is 21.4. The zero-order chi connectivity index (χ0) is 26.5. The molecule has 0 aliphatic heterocycles. The van der Waals surface area contributed by atoms with Crippen LogP contribution >= 0.6 is 0 Å². The van der Waals surface area contributed by atoms with E-state index in [1.807, 2.05) is 0 Å². The van der Waals surface area contributed by atoms with Crippen LogP contribution in [0.15, 0.2) is 48.5 Å². The van der Waals surface area contributed by atoms with Gasteiger partial charge in [-0.2, -0.15) is 8.78 Å². The molecule has 0 aromatic heterocycles. The van der Waals surface area contributed by atoms with Crippen LogP contribution in [0.2, 0.25) is 0 Å². The van der Waals surface area contributed by atoms with Crippen molar-refractivity contribution in [3.63, 3.8) is 0 Å². The summed E-state index contributed by atoms with van der Waals surface area (Å²) in [5.41, 5.74) is 0.787. The van der Waals surface area contributed by atoms with E-state index in [1.165, 1.54) is 69.9 Å². The molecule has 2 aliphatic carbocycles. The van der Waals surface area contributed by atoms with E-state index >= 15 is 0 Å². The Morgan fingerprint density at radius 3 is 1.70 bits per heavy atom. The van der Waals surface area contributed by atoms with Crippen molar-refractivity contribution in [1.29, 1.82) is 0 Å². The van der Waals surface area contributed by atoms with Crippen molar-refractivity contribution in [1.82, 2.24) is 0 Å². The van der Waals surface area contributed by atoms with Crippen molar-refractivity contribution in [2.45, 2.75) is 95.9 Å². The minimum Gasteiger partial charge on any atom is -0.429 e. The van der Waals surface area contributed by atoms with Gasteiger partial charge in [0.1, 0.15) is 11.5 Å². The van der Waals surface area contributed by atoms with Gasteiger partial charge in [-0.3, -0.25) is 0 Å². The molecular formula is C30H37F5O2. The molecule has 0 amide bonds. The van der Waals surface area contributed by atoms with Gasteiger partial charge in [0.05, 0.1) is 5.56 Å². The first-order valence-electron chi connectivity index (χ1n) is 13.7. The van der Waals surface area contributed by atoms with E-state index in [1.54, 1.807) is 12.1 Å². The molecule has 0 saturated heterocycles. The maximum atomic E-state index is 14.7. The number of benzene rings is 2. The van der Waals surface area contributed by atoms with Crippen molar-refractivity contribution in [3.05, 3.63) is 59.7 Å². The van der Waals surface area contributed by atoms with E-state index in [9.17, 15) is 22.0 Å². The van der Waals surface area contributed by atoms with Gasteiger partial charge < -0.3 is 9.47 Å². The van der Waals surface area contributed by atoms with Gasteiger partial charge in [-0.25, -0.2) is 0 Å².